The molecule has 0 atom stereocenters. The summed E-state index contributed by atoms with van der Waals surface area (Å²) in [4.78, 5) is 17.6. The fraction of sp³-hybridized carbons (Fsp3) is 0.130. The monoisotopic (exact) mass is 387 g/mol. The largest absolute Gasteiger partial charge is 0.347 e. The van der Waals surface area contributed by atoms with Crippen LogP contribution < -0.4 is 5.32 Å². The first kappa shape index (κ1) is 18.2. The van der Waals surface area contributed by atoms with Gasteiger partial charge in [-0.25, -0.2) is 4.98 Å². The summed E-state index contributed by atoms with van der Waals surface area (Å²) in [5.74, 6) is -0.0365. The van der Waals surface area contributed by atoms with E-state index in [9.17, 15) is 4.79 Å². The Morgan fingerprint density at radius 2 is 1.93 bits per heavy atom. The van der Waals surface area contributed by atoms with E-state index in [0.29, 0.717) is 6.54 Å². The summed E-state index contributed by atoms with van der Waals surface area (Å²) in [6.07, 6.45) is 5.52. The summed E-state index contributed by atoms with van der Waals surface area (Å²) in [6, 6.07) is 18.5. The van der Waals surface area contributed by atoms with Crippen molar-refractivity contribution in [1.82, 2.24) is 14.9 Å². The number of aromatic nitrogens is 2. The number of amides is 1. The Labute approximate surface area is 168 Å². The van der Waals surface area contributed by atoms with Crippen molar-refractivity contribution in [1.29, 1.82) is 0 Å². The van der Waals surface area contributed by atoms with Crippen molar-refractivity contribution < 1.29 is 4.79 Å². The standard InChI is InChI=1S/C23H21N3OS/c1-17-5-7-20(8-6-17)21-9-12-28-22(21)23(27)25-14-18-3-2-4-19(13-18)15-26-11-10-24-16-26/h2-13,16H,14-15H2,1H3,(H,25,27). The first-order valence-corrected chi connectivity index (χ1v) is 10.0. The highest BCUT2D eigenvalue weighted by Crippen LogP contribution is 2.28. The van der Waals surface area contributed by atoms with Crippen LogP contribution in [0.5, 0.6) is 0 Å². The van der Waals surface area contributed by atoms with E-state index in [1.165, 1.54) is 22.5 Å². The first-order chi connectivity index (χ1) is 13.7. The number of imidazole rings is 1. The van der Waals surface area contributed by atoms with Crippen LogP contribution >= 0.6 is 11.3 Å². The predicted molar refractivity (Wildman–Crippen MR) is 113 cm³/mol. The van der Waals surface area contributed by atoms with Crippen molar-refractivity contribution in [3.05, 3.63) is 100 Å². The van der Waals surface area contributed by atoms with Crippen LogP contribution in [-0.4, -0.2) is 15.5 Å². The number of nitrogens with one attached hydrogen (secondary N) is 1. The second kappa shape index (κ2) is 8.23. The number of hydrogen-bond donors (Lipinski definition) is 1. The van der Waals surface area contributed by atoms with E-state index in [1.54, 1.807) is 12.5 Å². The Morgan fingerprint density at radius 3 is 2.71 bits per heavy atom. The molecule has 1 amide bonds. The molecule has 4 nitrogen and oxygen atoms in total. The molecule has 0 unspecified atom stereocenters. The SMILES string of the molecule is Cc1ccc(-c2ccsc2C(=O)NCc2cccc(Cn3ccnc3)c2)cc1. The Kier molecular flexibility index (Phi) is 5.35. The molecule has 2 heterocycles. The molecular formula is C23H21N3OS. The molecule has 0 aliphatic carbocycles. The first-order valence-electron chi connectivity index (χ1n) is 9.15. The summed E-state index contributed by atoms with van der Waals surface area (Å²) >= 11 is 1.48. The number of aryl methyl sites for hydroxylation is 1. The van der Waals surface area contributed by atoms with Gasteiger partial charge in [0.1, 0.15) is 0 Å². The van der Waals surface area contributed by atoms with Crippen molar-refractivity contribution in [2.75, 3.05) is 0 Å². The van der Waals surface area contributed by atoms with Gasteiger partial charge in [-0.1, -0.05) is 54.1 Å². The number of thiophene rings is 1. The van der Waals surface area contributed by atoms with Gasteiger partial charge in [0, 0.05) is 31.0 Å². The fourth-order valence-electron chi connectivity index (χ4n) is 3.14. The Balaban J connectivity index is 1.44. The highest BCUT2D eigenvalue weighted by Gasteiger charge is 2.14. The van der Waals surface area contributed by atoms with E-state index in [-0.39, 0.29) is 5.91 Å². The highest BCUT2D eigenvalue weighted by molar-refractivity contribution is 7.12. The molecule has 0 saturated heterocycles. The van der Waals surface area contributed by atoms with Gasteiger partial charge < -0.3 is 9.88 Å². The molecule has 140 valence electrons. The number of carbonyl (C=O) groups excluding carboxylic acids is 1. The molecule has 0 aliphatic heterocycles. The quantitative estimate of drug-likeness (QED) is 0.512. The summed E-state index contributed by atoms with van der Waals surface area (Å²) < 4.78 is 2.02. The molecule has 0 saturated carbocycles. The second-order valence-electron chi connectivity index (χ2n) is 6.77. The molecule has 2 aromatic carbocycles. The maximum atomic E-state index is 12.8. The number of benzene rings is 2. The number of hydrogen-bond acceptors (Lipinski definition) is 3. The van der Waals surface area contributed by atoms with Crippen LogP contribution in [-0.2, 0) is 13.1 Å². The highest BCUT2D eigenvalue weighted by atomic mass is 32.1. The smallest absolute Gasteiger partial charge is 0.262 e. The van der Waals surface area contributed by atoms with Crippen molar-refractivity contribution in [3.8, 4) is 11.1 Å². The number of rotatable bonds is 6. The van der Waals surface area contributed by atoms with E-state index >= 15 is 0 Å². The molecule has 4 rings (SSSR count). The van der Waals surface area contributed by atoms with Gasteiger partial charge in [-0.15, -0.1) is 11.3 Å². The van der Waals surface area contributed by atoms with Crippen LogP contribution in [0.15, 0.2) is 78.7 Å². The van der Waals surface area contributed by atoms with E-state index in [0.717, 1.165) is 28.1 Å². The summed E-state index contributed by atoms with van der Waals surface area (Å²) in [5, 5.41) is 5.03. The van der Waals surface area contributed by atoms with Gasteiger partial charge in [-0.3, -0.25) is 4.79 Å². The molecule has 0 fully saturated rings. The van der Waals surface area contributed by atoms with E-state index in [1.807, 2.05) is 34.3 Å². The van der Waals surface area contributed by atoms with Crippen LogP contribution in [0.3, 0.4) is 0 Å². The predicted octanol–water partition coefficient (Wildman–Crippen LogP) is 4.90. The topological polar surface area (TPSA) is 46.9 Å². The van der Waals surface area contributed by atoms with Crippen molar-refractivity contribution in [2.24, 2.45) is 0 Å². The van der Waals surface area contributed by atoms with Gasteiger partial charge >= 0.3 is 0 Å². The molecular weight excluding hydrogens is 366 g/mol. The van der Waals surface area contributed by atoms with E-state index < -0.39 is 0 Å². The van der Waals surface area contributed by atoms with Crippen LogP contribution in [0.2, 0.25) is 0 Å². The lowest BCUT2D eigenvalue weighted by atomic mass is 10.0. The summed E-state index contributed by atoms with van der Waals surface area (Å²) in [7, 11) is 0. The number of carbonyl (C=O) groups is 1. The van der Waals surface area contributed by atoms with Crippen molar-refractivity contribution in [3.63, 3.8) is 0 Å². The summed E-state index contributed by atoms with van der Waals surface area (Å²) in [6.45, 7) is 3.33. The number of nitrogens with zero attached hydrogens (tertiary/aromatic N) is 2. The Bertz CT molecular complexity index is 1070. The van der Waals surface area contributed by atoms with E-state index in [4.69, 9.17) is 0 Å². The van der Waals surface area contributed by atoms with Crippen molar-refractivity contribution >= 4 is 17.2 Å². The zero-order chi connectivity index (χ0) is 19.3. The average Bonchev–Trinajstić information content (AvgIpc) is 3.39. The van der Waals surface area contributed by atoms with Crippen LogP contribution in [0.1, 0.15) is 26.4 Å². The van der Waals surface area contributed by atoms with Gasteiger partial charge in [0.15, 0.2) is 0 Å². The van der Waals surface area contributed by atoms with E-state index in [2.05, 4.69) is 53.6 Å². The lowest BCUT2D eigenvalue weighted by molar-refractivity contribution is 0.0955. The lowest BCUT2D eigenvalue weighted by Crippen LogP contribution is -2.22. The summed E-state index contributed by atoms with van der Waals surface area (Å²) in [5.41, 5.74) is 5.52. The molecule has 4 aromatic rings. The van der Waals surface area contributed by atoms with Gasteiger partial charge in [0.05, 0.1) is 11.2 Å². The van der Waals surface area contributed by atoms with Gasteiger partial charge in [-0.2, -0.15) is 0 Å². The molecule has 28 heavy (non-hydrogen) atoms. The molecule has 5 heteroatoms. The van der Waals surface area contributed by atoms with Gasteiger partial charge in [0.25, 0.3) is 5.91 Å². The maximum absolute atomic E-state index is 12.8. The maximum Gasteiger partial charge on any atom is 0.262 e. The molecule has 0 bridgehead atoms. The molecule has 0 aliphatic rings. The average molecular weight is 388 g/mol. The van der Waals surface area contributed by atoms with Gasteiger partial charge in [0.2, 0.25) is 0 Å². The second-order valence-corrected chi connectivity index (χ2v) is 7.68. The molecule has 2 aromatic heterocycles. The minimum absolute atomic E-state index is 0.0365. The lowest BCUT2D eigenvalue weighted by Gasteiger charge is -2.09. The Morgan fingerprint density at radius 1 is 1.11 bits per heavy atom. The minimum atomic E-state index is -0.0365. The van der Waals surface area contributed by atoms with Crippen LogP contribution in [0, 0.1) is 6.92 Å². The zero-order valence-corrected chi connectivity index (χ0v) is 16.4. The zero-order valence-electron chi connectivity index (χ0n) is 15.6. The normalized spacial score (nSPS) is 10.8. The molecule has 0 radical (unpaired) electrons. The Hall–Kier alpha value is -3.18. The minimum Gasteiger partial charge on any atom is -0.347 e. The fourth-order valence-corrected chi connectivity index (χ4v) is 3.97. The van der Waals surface area contributed by atoms with Crippen LogP contribution in [0.25, 0.3) is 11.1 Å². The third-order valence-corrected chi connectivity index (χ3v) is 5.52. The third kappa shape index (κ3) is 4.21. The van der Waals surface area contributed by atoms with Gasteiger partial charge in [-0.05, 0) is 35.1 Å². The molecule has 0 spiro atoms. The van der Waals surface area contributed by atoms with Crippen molar-refractivity contribution in [2.45, 2.75) is 20.0 Å². The van der Waals surface area contributed by atoms with Crippen LogP contribution in [0.4, 0.5) is 0 Å². The third-order valence-electron chi connectivity index (χ3n) is 4.60. The molecule has 1 N–H and O–H groups in total.